The van der Waals surface area contributed by atoms with Crippen LogP contribution in [0.5, 0.6) is 0 Å². The lowest BCUT2D eigenvalue weighted by atomic mass is 10.1. The molecule has 1 N–H and O–H groups in total. The summed E-state index contributed by atoms with van der Waals surface area (Å²) in [7, 11) is 0. The molecule has 0 spiro atoms. The van der Waals surface area contributed by atoms with Crippen LogP contribution in [-0.4, -0.2) is 48.5 Å². The topological polar surface area (TPSA) is 48.5 Å². The first-order valence-electron chi connectivity index (χ1n) is 8.58. The number of nitrogens with one attached hydrogen (secondary N) is 1. The highest BCUT2D eigenvalue weighted by Gasteiger charge is 2.21. The highest BCUT2D eigenvalue weighted by Crippen LogP contribution is 2.26. The molecule has 1 aromatic carbocycles. The maximum absolute atomic E-state index is 12.4. The predicted octanol–water partition coefficient (Wildman–Crippen LogP) is 3.77. The average molecular weight is 393 g/mol. The van der Waals surface area contributed by atoms with Crippen LogP contribution in [-0.2, 0) is 4.79 Å². The van der Waals surface area contributed by atoms with Crippen LogP contribution in [0.4, 0.5) is 11.5 Å². The third kappa shape index (κ3) is 4.47. The number of nitrogens with zero attached hydrogens (tertiary/aromatic N) is 3. The Morgan fingerprint density at radius 3 is 2.62 bits per heavy atom. The number of hydrogen-bond acceptors (Lipinski definition) is 4. The zero-order valence-electron chi connectivity index (χ0n) is 14.9. The highest BCUT2D eigenvalue weighted by atomic mass is 35.5. The fourth-order valence-corrected chi connectivity index (χ4v) is 3.54. The molecule has 26 heavy (non-hydrogen) atoms. The Morgan fingerprint density at radius 2 is 1.92 bits per heavy atom. The van der Waals surface area contributed by atoms with Crippen molar-refractivity contribution in [3.05, 3.63) is 51.6 Å². The van der Waals surface area contributed by atoms with Crippen LogP contribution in [0.1, 0.15) is 11.1 Å². The minimum absolute atomic E-state index is 0.00907. The molecule has 0 aliphatic carbocycles. The lowest BCUT2D eigenvalue weighted by molar-refractivity contribution is -0.117. The molecule has 1 amide bonds. The second kappa shape index (κ2) is 8.25. The molecule has 2 heterocycles. The Balaban J connectivity index is 1.53. The zero-order chi connectivity index (χ0) is 18.7. The molecule has 2 aromatic rings. The number of aryl methyl sites for hydroxylation is 1. The van der Waals surface area contributed by atoms with Gasteiger partial charge in [0.25, 0.3) is 0 Å². The van der Waals surface area contributed by atoms with E-state index >= 15 is 0 Å². The fraction of sp³-hybridized carbons (Fsp3) is 0.368. The number of halogens is 2. The molecule has 1 saturated heterocycles. The number of amides is 1. The minimum atomic E-state index is 0.00907. The van der Waals surface area contributed by atoms with Gasteiger partial charge in [0.15, 0.2) is 0 Å². The maximum atomic E-state index is 12.4. The lowest BCUT2D eigenvalue weighted by Gasteiger charge is -2.35. The molecule has 3 rings (SSSR count). The van der Waals surface area contributed by atoms with E-state index < -0.39 is 0 Å². The molecule has 1 fully saturated rings. The van der Waals surface area contributed by atoms with Gasteiger partial charge in [-0.2, -0.15) is 0 Å². The normalized spacial score (nSPS) is 15.2. The summed E-state index contributed by atoms with van der Waals surface area (Å²) in [6.07, 6.45) is 1.60. The molecular weight excluding hydrogens is 371 g/mol. The van der Waals surface area contributed by atoms with Crippen LogP contribution in [0.15, 0.2) is 30.5 Å². The van der Waals surface area contributed by atoms with Crippen LogP contribution < -0.4 is 10.2 Å². The maximum Gasteiger partial charge on any atom is 0.238 e. The van der Waals surface area contributed by atoms with Gasteiger partial charge in [0.2, 0.25) is 5.91 Å². The number of aromatic nitrogens is 1. The summed E-state index contributed by atoms with van der Waals surface area (Å²) >= 11 is 12.1. The highest BCUT2D eigenvalue weighted by molar-refractivity contribution is 6.36. The van der Waals surface area contributed by atoms with Crippen LogP contribution in [0.25, 0.3) is 0 Å². The first-order valence-corrected chi connectivity index (χ1v) is 9.34. The van der Waals surface area contributed by atoms with Gasteiger partial charge in [0.05, 0.1) is 16.6 Å². The summed E-state index contributed by atoms with van der Waals surface area (Å²) in [4.78, 5) is 21.0. The van der Waals surface area contributed by atoms with E-state index in [1.165, 1.54) is 5.56 Å². The predicted molar refractivity (Wildman–Crippen MR) is 107 cm³/mol. The first kappa shape index (κ1) is 19.0. The van der Waals surface area contributed by atoms with Gasteiger partial charge < -0.3 is 10.2 Å². The quantitative estimate of drug-likeness (QED) is 0.859. The monoisotopic (exact) mass is 392 g/mol. The Morgan fingerprint density at radius 1 is 1.19 bits per heavy atom. The van der Waals surface area contributed by atoms with Gasteiger partial charge in [-0.05, 0) is 37.1 Å². The van der Waals surface area contributed by atoms with E-state index in [0.29, 0.717) is 16.6 Å². The van der Waals surface area contributed by atoms with Crippen molar-refractivity contribution < 1.29 is 4.79 Å². The van der Waals surface area contributed by atoms with Gasteiger partial charge in [-0.25, -0.2) is 4.98 Å². The second-order valence-corrected chi connectivity index (χ2v) is 7.36. The molecule has 138 valence electrons. The Hall–Kier alpha value is -1.82. The second-order valence-electron chi connectivity index (χ2n) is 6.52. The van der Waals surface area contributed by atoms with Gasteiger partial charge in [0.1, 0.15) is 5.82 Å². The summed E-state index contributed by atoms with van der Waals surface area (Å²) in [5, 5.41) is 4.10. The molecule has 5 nitrogen and oxygen atoms in total. The number of hydrogen-bond donors (Lipinski definition) is 1. The van der Waals surface area contributed by atoms with E-state index in [1.54, 1.807) is 12.3 Å². The van der Waals surface area contributed by atoms with Crippen molar-refractivity contribution in [1.29, 1.82) is 0 Å². The van der Waals surface area contributed by atoms with E-state index in [2.05, 4.69) is 20.1 Å². The number of benzene rings is 1. The van der Waals surface area contributed by atoms with Gasteiger partial charge in [-0.15, -0.1) is 0 Å². The number of anilines is 2. The van der Waals surface area contributed by atoms with Crippen molar-refractivity contribution in [2.24, 2.45) is 0 Å². The SMILES string of the molecule is Cc1cccc(NC(=O)CN2CCN(c3ncc(Cl)cc3Cl)CC2)c1C. The molecule has 0 atom stereocenters. The molecule has 0 radical (unpaired) electrons. The largest absolute Gasteiger partial charge is 0.353 e. The Labute approximate surface area is 163 Å². The number of carbonyl (C=O) groups excluding carboxylic acids is 1. The van der Waals surface area contributed by atoms with Crippen molar-refractivity contribution in [3.8, 4) is 0 Å². The number of piperazine rings is 1. The van der Waals surface area contributed by atoms with E-state index in [0.717, 1.165) is 43.2 Å². The fourth-order valence-electron chi connectivity index (χ4n) is 3.04. The van der Waals surface area contributed by atoms with E-state index in [1.807, 2.05) is 32.0 Å². The van der Waals surface area contributed by atoms with Crippen molar-refractivity contribution in [2.45, 2.75) is 13.8 Å². The van der Waals surface area contributed by atoms with Gasteiger partial charge in [-0.1, -0.05) is 35.3 Å². The van der Waals surface area contributed by atoms with E-state index in [-0.39, 0.29) is 5.91 Å². The molecule has 1 aromatic heterocycles. The van der Waals surface area contributed by atoms with Crippen molar-refractivity contribution in [3.63, 3.8) is 0 Å². The average Bonchev–Trinajstić information content (AvgIpc) is 2.60. The van der Waals surface area contributed by atoms with Crippen molar-refractivity contribution >= 4 is 40.6 Å². The third-order valence-corrected chi connectivity index (χ3v) is 5.19. The Kier molecular flexibility index (Phi) is 6.01. The summed E-state index contributed by atoms with van der Waals surface area (Å²) in [5.41, 5.74) is 3.16. The van der Waals surface area contributed by atoms with Gasteiger partial charge >= 0.3 is 0 Å². The summed E-state index contributed by atoms with van der Waals surface area (Å²) in [5.74, 6) is 0.755. The van der Waals surface area contributed by atoms with E-state index in [4.69, 9.17) is 23.2 Å². The molecule has 1 aliphatic rings. The molecule has 1 aliphatic heterocycles. The summed E-state index contributed by atoms with van der Waals surface area (Å²) in [6, 6.07) is 7.64. The molecule has 0 saturated carbocycles. The van der Waals surface area contributed by atoms with Crippen LogP contribution in [0, 0.1) is 13.8 Å². The van der Waals surface area contributed by atoms with Gasteiger partial charge in [-0.3, -0.25) is 9.69 Å². The lowest BCUT2D eigenvalue weighted by Crippen LogP contribution is -2.49. The van der Waals surface area contributed by atoms with Crippen LogP contribution >= 0.6 is 23.2 Å². The van der Waals surface area contributed by atoms with Crippen LogP contribution in [0.2, 0.25) is 10.0 Å². The molecule has 7 heteroatoms. The number of pyridine rings is 1. The standard InChI is InChI=1S/C19H22Cl2N4O/c1-13-4-3-5-17(14(13)2)23-18(26)12-24-6-8-25(9-7-24)19-16(21)10-15(20)11-22-19/h3-5,10-11H,6-9,12H2,1-2H3,(H,23,26). The summed E-state index contributed by atoms with van der Waals surface area (Å²) < 4.78 is 0. The zero-order valence-corrected chi connectivity index (χ0v) is 16.4. The van der Waals surface area contributed by atoms with Crippen LogP contribution in [0.3, 0.4) is 0 Å². The number of carbonyl (C=O) groups is 1. The van der Waals surface area contributed by atoms with Gasteiger partial charge in [0, 0.05) is 38.1 Å². The third-order valence-electron chi connectivity index (χ3n) is 4.71. The minimum Gasteiger partial charge on any atom is -0.353 e. The van der Waals surface area contributed by atoms with Crippen molar-refractivity contribution in [2.75, 3.05) is 42.9 Å². The smallest absolute Gasteiger partial charge is 0.238 e. The van der Waals surface area contributed by atoms with Crippen molar-refractivity contribution in [1.82, 2.24) is 9.88 Å². The summed E-state index contributed by atoms with van der Waals surface area (Å²) in [6.45, 7) is 7.54. The molecular formula is C19H22Cl2N4O. The Bertz CT molecular complexity index is 804. The van der Waals surface area contributed by atoms with E-state index in [9.17, 15) is 4.79 Å². The molecule has 0 bridgehead atoms. The molecule has 0 unspecified atom stereocenters. The number of rotatable bonds is 4. The first-order chi connectivity index (χ1) is 12.4.